The number of hydrogen-bond donors (Lipinski definition) is 0. The predicted molar refractivity (Wildman–Crippen MR) is 92.2 cm³/mol. The Balaban J connectivity index is 2.60. The molecule has 0 saturated heterocycles. The summed E-state index contributed by atoms with van der Waals surface area (Å²) in [5.41, 5.74) is 4.71. The van der Waals surface area contributed by atoms with Crippen LogP contribution in [0.25, 0.3) is 10.8 Å². The molecular formula is C19H26Ge. The van der Waals surface area contributed by atoms with Crippen molar-refractivity contribution in [3.05, 3.63) is 47.0 Å². The van der Waals surface area contributed by atoms with Crippen LogP contribution in [0.5, 0.6) is 0 Å². The summed E-state index contributed by atoms with van der Waals surface area (Å²) in [5, 5.41) is 2.97. The zero-order valence-corrected chi connectivity index (χ0v) is 16.0. The molecule has 0 bridgehead atoms. The van der Waals surface area contributed by atoms with E-state index in [0.29, 0.717) is 8.49 Å². The fourth-order valence-electron chi connectivity index (χ4n) is 4.24. The van der Waals surface area contributed by atoms with Crippen molar-refractivity contribution in [2.75, 3.05) is 0 Å². The van der Waals surface area contributed by atoms with Crippen LogP contribution in [0.4, 0.5) is 0 Å². The van der Waals surface area contributed by atoms with E-state index in [9.17, 15) is 0 Å². The molecule has 106 valence electrons. The summed E-state index contributed by atoms with van der Waals surface area (Å²) in [5.74, 6) is 5.24. The van der Waals surface area contributed by atoms with Crippen molar-refractivity contribution in [3.63, 3.8) is 0 Å². The van der Waals surface area contributed by atoms with Crippen molar-refractivity contribution >= 4 is 24.0 Å². The number of benzene rings is 2. The predicted octanol–water partition coefficient (Wildman–Crippen LogP) is 5.50. The molecule has 0 spiro atoms. The number of rotatable bonds is 0. The first-order chi connectivity index (χ1) is 9.12. The molecular weight excluding hydrogens is 301 g/mol. The summed E-state index contributed by atoms with van der Waals surface area (Å²) in [7, 11) is 0. The first kappa shape index (κ1) is 14.2. The molecule has 2 aromatic rings. The van der Waals surface area contributed by atoms with Gasteiger partial charge in [-0.05, 0) is 0 Å². The Labute approximate surface area is 125 Å². The second-order valence-corrected chi connectivity index (χ2v) is 20.1. The zero-order chi connectivity index (χ0) is 14.9. The van der Waals surface area contributed by atoms with Gasteiger partial charge in [0.15, 0.2) is 0 Å². The standard InChI is InChI=1S/C19H26Ge/c1-13-11-12-14-9-8-10-15-16(14)17(13)19(4,5)20(6,7)18(15,2)3/h8-12H,1-7H3. The van der Waals surface area contributed by atoms with E-state index in [4.69, 9.17) is 0 Å². The van der Waals surface area contributed by atoms with Gasteiger partial charge in [-0.2, -0.15) is 0 Å². The van der Waals surface area contributed by atoms with Gasteiger partial charge in [0.25, 0.3) is 0 Å². The Bertz CT molecular complexity index is 705. The van der Waals surface area contributed by atoms with Gasteiger partial charge >= 0.3 is 126 Å². The Morgan fingerprint density at radius 1 is 0.850 bits per heavy atom. The molecule has 1 aliphatic heterocycles. The summed E-state index contributed by atoms with van der Waals surface area (Å²) in [6.45, 7) is 12.3. The average Bonchev–Trinajstić information content (AvgIpc) is 2.35. The molecule has 0 aliphatic carbocycles. The molecule has 0 amide bonds. The summed E-state index contributed by atoms with van der Waals surface area (Å²) in [4.78, 5) is 0. The molecule has 2 aromatic carbocycles. The molecule has 0 N–H and O–H groups in total. The molecule has 0 unspecified atom stereocenters. The van der Waals surface area contributed by atoms with Crippen LogP contribution in [0.3, 0.4) is 0 Å². The first-order valence-corrected chi connectivity index (χ1v) is 13.9. The van der Waals surface area contributed by atoms with Crippen molar-refractivity contribution in [2.45, 2.75) is 54.6 Å². The summed E-state index contributed by atoms with van der Waals surface area (Å²) < 4.78 is 0.700. The van der Waals surface area contributed by atoms with Gasteiger partial charge in [-0.3, -0.25) is 0 Å². The topological polar surface area (TPSA) is 0 Å². The molecule has 20 heavy (non-hydrogen) atoms. The third-order valence-electron chi connectivity index (χ3n) is 6.68. The van der Waals surface area contributed by atoms with Crippen LogP contribution in [-0.4, -0.2) is 13.3 Å². The third-order valence-corrected chi connectivity index (χ3v) is 20.9. The summed E-state index contributed by atoms with van der Waals surface area (Å²) in [6.07, 6.45) is 0. The Morgan fingerprint density at radius 3 is 2.15 bits per heavy atom. The fraction of sp³-hybridized carbons (Fsp3) is 0.474. The first-order valence-electron chi connectivity index (χ1n) is 7.65. The van der Waals surface area contributed by atoms with E-state index in [1.807, 2.05) is 0 Å². The van der Waals surface area contributed by atoms with E-state index < -0.39 is 13.3 Å². The Morgan fingerprint density at radius 2 is 1.50 bits per heavy atom. The van der Waals surface area contributed by atoms with Crippen molar-refractivity contribution in [3.8, 4) is 0 Å². The van der Waals surface area contributed by atoms with E-state index in [0.717, 1.165) is 0 Å². The van der Waals surface area contributed by atoms with Crippen LogP contribution in [-0.2, 0) is 8.49 Å². The maximum absolute atomic E-state index is 2.62. The van der Waals surface area contributed by atoms with E-state index >= 15 is 0 Å². The van der Waals surface area contributed by atoms with Crippen LogP contribution in [0.1, 0.15) is 44.4 Å². The van der Waals surface area contributed by atoms with Crippen molar-refractivity contribution in [1.29, 1.82) is 0 Å². The van der Waals surface area contributed by atoms with Gasteiger partial charge in [0.05, 0.1) is 0 Å². The summed E-state index contributed by atoms with van der Waals surface area (Å²) >= 11 is -2.10. The molecule has 1 aliphatic rings. The Hall–Kier alpha value is -0.757. The van der Waals surface area contributed by atoms with Crippen molar-refractivity contribution < 1.29 is 0 Å². The van der Waals surface area contributed by atoms with E-state index in [1.165, 1.54) is 10.9 Å². The van der Waals surface area contributed by atoms with Gasteiger partial charge in [-0.15, -0.1) is 0 Å². The van der Waals surface area contributed by atoms with Crippen LogP contribution >= 0.6 is 0 Å². The molecule has 0 radical (unpaired) electrons. The fourth-order valence-corrected chi connectivity index (χ4v) is 11.4. The van der Waals surface area contributed by atoms with Gasteiger partial charge in [0.2, 0.25) is 0 Å². The monoisotopic (exact) mass is 328 g/mol. The quantitative estimate of drug-likeness (QED) is 0.560. The molecule has 1 heterocycles. The van der Waals surface area contributed by atoms with Crippen LogP contribution < -0.4 is 0 Å². The van der Waals surface area contributed by atoms with E-state index in [1.54, 1.807) is 16.5 Å². The normalized spacial score (nSPS) is 21.9. The molecule has 1 heteroatoms. The van der Waals surface area contributed by atoms with Crippen LogP contribution in [0.2, 0.25) is 11.5 Å². The minimum absolute atomic E-state index is 0.349. The van der Waals surface area contributed by atoms with Crippen LogP contribution in [0, 0.1) is 6.92 Å². The van der Waals surface area contributed by atoms with E-state index in [-0.39, 0.29) is 0 Å². The van der Waals surface area contributed by atoms with Crippen molar-refractivity contribution in [2.24, 2.45) is 0 Å². The van der Waals surface area contributed by atoms with Gasteiger partial charge < -0.3 is 0 Å². The van der Waals surface area contributed by atoms with Gasteiger partial charge in [0.1, 0.15) is 0 Å². The minimum atomic E-state index is -2.10. The second kappa shape index (κ2) is 3.91. The molecule has 3 rings (SSSR count). The molecule has 0 fully saturated rings. The third kappa shape index (κ3) is 1.44. The molecule has 0 saturated carbocycles. The van der Waals surface area contributed by atoms with Gasteiger partial charge in [0, 0.05) is 0 Å². The number of hydrogen-bond acceptors (Lipinski definition) is 0. The van der Waals surface area contributed by atoms with Gasteiger partial charge in [-0.25, -0.2) is 0 Å². The zero-order valence-electron chi connectivity index (χ0n) is 13.9. The van der Waals surface area contributed by atoms with Gasteiger partial charge in [-0.1, -0.05) is 0 Å². The van der Waals surface area contributed by atoms with E-state index in [2.05, 4.69) is 76.5 Å². The molecule has 0 nitrogen and oxygen atoms in total. The SMILES string of the molecule is Cc1ccc2cccc3c2c1[C](C)(C)[Ge]([CH3])([CH3])[C]3(C)C. The summed E-state index contributed by atoms with van der Waals surface area (Å²) in [6, 6.07) is 11.5. The molecule has 0 aromatic heterocycles. The molecule has 0 atom stereocenters. The average molecular weight is 327 g/mol. The second-order valence-electron chi connectivity index (χ2n) is 8.04. The maximum atomic E-state index is 2.62. The van der Waals surface area contributed by atoms with Crippen LogP contribution in [0.15, 0.2) is 30.3 Å². The van der Waals surface area contributed by atoms with Crippen molar-refractivity contribution in [1.82, 2.24) is 0 Å². The Kier molecular flexibility index (Phi) is 2.77. The number of aryl methyl sites for hydroxylation is 1.